The van der Waals surface area contributed by atoms with Gasteiger partial charge in [0.15, 0.2) is 5.76 Å². The molecular formula is C14H18N2O4S. The highest BCUT2D eigenvalue weighted by Crippen LogP contribution is 2.23. The van der Waals surface area contributed by atoms with E-state index in [0.717, 1.165) is 11.3 Å². The molecule has 0 amide bonds. The van der Waals surface area contributed by atoms with Gasteiger partial charge in [0.25, 0.3) is 0 Å². The zero-order valence-corrected chi connectivity index (χ0v) is 13.2. The fraction of sp³-hybridized carbons (Fsp3) is 0.357. The van der Waals surface area contributed by atoms with Crippen molar-refractivity contribution in [1.82, 2.24) is 9.88 Å². The number of hydrogen-bond acceptors (Lipinski definition) is 5. The number of benzene rings is 1. The number of aromatic nitrogens is 1. The molecule has 2 aromatic rings. The van der Waals surface area contributed by atoms with Gasteiger partial charge in [0.1, 0.15) is 16.3 Å². The molecule has 0 radical (unpaired) electrons. The van der Waals surface area contributed by atoms with Crippen LogP contribution in [0.25, 0.3) is 0 Å². The van der Waals surface area contributed by atoms with E-state index >= 15 is 0 Å². The molecule has 21 heavy (non-hydrogen) atoms. The van der Waals surface area contributed by atoms with E-state index in [1.807, 2.05) is 12.1 Å². The fourth-order valence-electron chi connectivity index (χ4n) is 2.11. The van der Waals surface area contributed by atoms with E-state index in [2.05, 4.69) is 9.88 Å². The molecule has 1 heterocycles. The molecule has 2 rings (SSSR count). The van der Waals surface area contributed by atoms with Crippen LogP contribution < -0.4 is 9.46 Å². The van der Waals surface area contributed by atoms with Gasteiger partial charge >= 0.3 is 0 Å². The lowest BCUT2D eigenvalue weighted by Gasteiger charge is -2.14. The molecule has 0 aliphatic carbocycles. The van der Waals surface area contributed by atoms with Gasteiger partial charge in [-0.05, 0) is 38.5 Å². The van der Waals surface area contributed by atoms with E-state index in [4.69, 9.17) is 9.26 Å². The molecule has 7 heteroatoms. The molecule has 0 saturated carbocycles. The van der Waals surface area contributed by atoms with Crippen molar-refractivity contribution in [1.29, 1.82) is 0 Å². The summed E-state index contributed by atoms with van der Waals surface area (Å²) in [6.45, 7) is 4.95. The summed E-state index contributed by atoms with van der Waals surface area (Å²) in [5.74, 6) is 1.00. The molecule has 0 saturated heterocycles. The molecule has 0 aliphatic rings. The Kier molecular flexibility index (Phi) is 4.34. The first-order valence-corrected chi connectivity index (χ1v) is 7.92. The molecule has 114 valence electrons. The quantitative estimate of drug-likeness (QED) is 0.916. The van der Waals surface area contributed by atoms with E-state index in [-0.39, 0.29) is 16.7 Å². The van der Waals surface area contributed by atoms with E-state index < -0.39 is 10.0 Å². The van der Waals surface area contributed by atoms with Crippen LogP contribution in [-0.4, -0.2) is 20.7 Å². The Hall–Kier alpha value is -1.86. The summed E-state index contributed by atoms with van der Waals surface area (Å²) in [4.78, 5) is 0.0999. The van der Waals surface area contributed by atoms with Gasteiger partial charge < -0.3 is 9.26 Å². The lowest BCUT2D eigenvalue weighted by atomic mass is 10.1. The first kappa shape index (κ1) is 15.5. The van der Waals surface area contributed by atoms with Crippen molar-refractivity contribution in [3.63, 3.8) is 0 Å². The molecule has 1 aromatic carbocycles. The Balaban J connectivity index is 2.23. The van der Waals surface area contributed by atoms with Crippen molar-refractivity contribution in [3.8, 4) is 5.75 Å². The highest BCUT2D eigenvalue weighted by atomic mass is 32.2. The third kappa shape index (κ3) is 3.25. The van der Waals surface area contributed by atoms with Crippen LogP contribution in [0, 0.1) is 13.8 Å². The topological polar surface area (TPSA) is 81.4 Å². The van der Waals surface area contributed by atoms with E-state index in [1.54, 1.807) is 40.0 Å². The van der Waals surface area contributed by atoms with Crippen LogP contribution in [0.4, 0.5) is 0 Å². The SMILES string of the molecule is COc1ccc(C(C)NS(=O)(=O)c2c(C)noc2C)cc1. The molecule has 1 aromatic heterocycles. The van der Waals surface area contributed by atoms with Crippen LogP contribution >= 0.6 is 0 Å². The zero-order valence-electron chi connectivity index (χ0n) is 12.4. The molecule has 0 bridgehead atoms. The number of ether oxygens (including phenoxy) is 1. The number of methoxy groups -OCH3 is 1. The second-order valence-electron chi connectivity index (χ2n) is 4.77. The standard InChI is InChI=1S/C14H18N2O4S/c1-9(12-5-7-13(19-4)8-6-12)16-21(17,18)14-10(2)15-20-11(14)3/h5-9,16H,1-4H3. The van der Waals surface area contributed by atoms with Gasteiger partial charge in [-0.25, -0.2) is 13.1 Å². The van der Waals surface area contributed by atoms with Gasteiger partial charge in [0.05, 0.1) is 7.11 Å². The van der Waals surface area contributed by atoms with Crippen molar-refractivity contribution < 1.29 is 17.7 Å². The van der Waals surface area contributed by atoms with Crippen molar-refractivity contribution in [2.45, 2.75) is 31.7 Å². The normalized spacial score (nSPS) is 13.1. The van der Waals surface area contributed by atoms with Gasteiger partial charge in [0, 0.05) is 6.04 Å². The average molecular weight is 310 g/mol. The Morgan fingerprint density at radius 1 is 1.24 bits per heavy atom. The predicted molar refractivity (Wildman–Crippen MR) is 77.7 cm³/mol. The first-order chi connectivity index (χ1) is 9.85. The summed E-state index contributed by atoms with van der Waals surface area (Å²) in [6.07, 6.45) is 0. The van der Waals surface area contributed by atoms with E-state index in [9.17, 15) is 8.42 Å². The second kappa shape index (κ2) is 5.87. The van der Waals surface area contributed by atoms with Crippen LogP contribution in [0.2, 0.25) is 0 Å². The molecule has 1 unspecified atom stereocenters. The van der Waals surface area contributed by atoms with Crippen LogP contribution in [0.3, 0.4) is 0 Å². The Morgan fingerprint density at radius 3 is 2.33 bits per heavy atom. The number of sulfonamides is 1. The average Bonchev–Trinajstić information content (AvgIpc) is 2.78. The van der Waals surface area contributed by atoms with E-state index in [0.29, 0.717) is 5.69 Å². The van der Waals surface area contributed by atoms with Crippen LogP contribution in [0.5, 0.6) is 5.75 Å². The number of nitrogens with zero attached hydrogens (tertiary/aromatic N) is 1. The van der Waals surface area contributed by atoms with Gasteiger partial charge in [-0.15, -0.1) is 0 Å². The van der Waals surface area contributed by atoms with Crippen LogP contribution in [-0.2, 0) is 10.0 Å². The highest BCUT2D eigenvalue weighted by molar-refractivity contribution is 7.89. The number of nitrogens with one attached hydrogen (secondary N) is 1. The number of rotatable bonds is 5. The lowest BCUT2D eigenvalue weighted by molar-refractivity contribution is 0.390. The van der Waals surface area contributed by atoms with E-state index in [1.165, 1.54) is 0 Å². The minimum Gasteiger partial charge on any atom is -0.497 e. The van der Waals surface area contributed by atoms with Gasteiger partial charge in [-0.1, -0.05) is 17.3 Å². The zero-order chi connectivity index (χ0) is 15.6. The van der Waals surface area contributed by atoms with Crippen molar-refractivity contribution in [2.24, 2.45) is 0 Å². The number of hydrogen-bond donors (Lipinski definition) is 1. The van der Waals surface area contributed by atoms with Crippen molar-refractivity contribution in [2.75, 3.05) is 7.11 Å². The third-order valence-electron chi connectivity index (χ3n) is 3.18. The molecule has 6 nitrogen and oxygen atoms in total. The van der Waals surface area contributed by atoms with Crippen molar-refractivity contribution in [3.05, 3.63) is 41.3 Å². The van der Waals surface area contributed by atoms with Crippen LogP contribution in [0.15, 0.2) is 33.7 Å². The summed E-state index contributed by atoms with van der Waals surface area (Å²) in [7, 11) is -2.10. The summed E-state index contributed by atoms with van der Waals surface area (Å²) < 4.78 is 37.4. The molecule has 0 spiro atoms. The Labute approximate surface area is 124 Å². The van der Waals surface area contributed by atoms with Crippen molar-refractivity contribution >= 4 is 10.0 Å². The maximum absolute atomic E-state index is 12.4. The molecular weight excluding hydrogens is 292 g/mol. The van der Waals surface area contributed by atoms with Gasteiger partial charge in [-0.2, -0.15) is 0 Å². The minimum absolute atomic E-state index is 0.0999. The summed E-state index contributed by atoms with van der Waals surface area (Å²) in [6, 6.07) is 6.83. The predicted octanol–water partition coefficient (Wildman–Crippen LogP) is 2.34. The molecule has 0 fully saturated rings. The lowest BCUT2D eigenvalue weighted by Crippen LogP contribution is -2.27. The number of aryl methyl sites for hydroxylation is 2. The van der Waals surface area contributed by atoms with Gasteiger partial charge in [-0.3, -0.25) is 0 Å². The minimum atomic E-state index is -3.68. The maximum atomic E-state index is 12.4. The van der Waals surface area contributed by atoms with Gasteiger partial charge in [0.2, 0.25) is 10.0 Å². The fourth-order valence-corrected chi connectivity index (χ4v) is 3.67. The monoisotopic (exact) mass is 310 g/mol. The Morgan fingerprint density at radius 2 is 1.86 bits per heavy atom. The molecule has 1 atom stereocenters. The smallest absolute Gasteiger partial charge is 0.246 e. The summed E-state index contributed by atoms with van der Waals surface area (Å²) in [5.41, 5.74) is 1.19. The van der Waals surface area contributed by atoms with Crippen LogP contribution in [0.1, 0.15) is 30.0 Å². The molecule has 1 N–H and O–H groups in total. The molecule has 0 aliphatic heterocycles. The summed E-state index contributed by atoms with van der Waals surface area (Å²) >= 11 is 0. The largest absolute Gasteiger partial charge is 0.497 e. The Bertz CT molecular complexity index is 700. The second-order valence-corrected chi connectivity index (χ2v) is 6.42. The third-order valence-corrected chi connectivity index (χ3v) is 4.97. The first-order valence-electron chi connectivity index (χ1n) is 6.44. The highest BCUT2D eigenvalue weighted by Gasteiger charge is 2.26. The summed E-state index contributed by atoms with van der Waals surface area (Å²) in [5, 5.41) is 3.67. The maximum Gasteiger partial charge on any atom is 0.246 e.